The van der Waals surface area contributed by atoms with Crippen molar-refractivity contribution in [2.45, 2.75) is 67.3 Å². The Balaban J connectivity index is 2.69. The number of amides is 1. The van der Waals surface area contributed by atoms with Crippen LogP contribution in [0, 0.1) is 57.0 Å². The molecule has 0 saturated heterocycles. The lowest BCUT2D eigenvalue weighted by Crippen LogP contribution is -2.35. The highest BCUT2D eigenvalue weighted by Crippen LogP contribution is 2.38. The van der Waals surface area contributed by atoms with Gasteiger partial charge in [-0.2, -0.15) is 0 Å². The fraction of sp³-hybridized carbons (Fsp3) is 0.462. The second-order valence-electron chi connectivity index (χ2n) is 9.30. The second kappa shape index (κ2) is 10.4. The van der Waals surface area contributed by atoms with E-state index in [0.717, 1.165) is 0 Å². The fourth-order valence-corrected chi connectivity index (χ4v) is 4.39. The zero-order chi connectivity index (χ0) is 25.2. The third-order valence-electron chi connectivity index (χ3n) is 5.88. The standard InChI is InChI=1S/C26H32F3NO3/c1-12(2)8-16(6)26(33)30-19(11-20(31)32)22-24(28)15(5)10-18(25(22)29)21-13(3)9-14(4)23(27)17(21)7/h9-10,12,16,19H,8,11H2,1-7H3,(H,30,33)(H,31,32)/t16?,19-/m0/s1. The Morgan fingerprint density at radius 1 is 0.909 bits per heavy atom. The molecule has 0 bridgehead atoms. The van der Waals surface area contributed by atoms with Gasteiger partial charge in [0.15, 0.2) is 0 Å². The van der Waals surface area contributed by atoms with Gasteiger partial charge in [0.05, 0.1) is 12.5 Å². The molecule has 1 unspecified atom stereocenters. The molecule has 2 aromatic carbocycles. The van der Waals surface area contributed by atoms with Gasteiger partial charge in [-0.05, 0) is 73.9 Å². The second-order valence-corrected chi connectivity index (χ2v) is 9.30. The first kappa shape index (κ1) is 26.4. The average Bonchev–Trinajstić information content (AvgIpc) is 2.69. The molecule has 0 aliphatic rings. The number of carbonyl (C=O) groups excluding carboxylic acids is 1. The van der Waals surface area contributed by atoms with E-state index in [1.165, 1.54) is 19.9 Å². The minimum atomic E-state index is -1.42. The van der Waals surface area contributed by atoms with Crippen molar-refractivity contribution in [3.8, 4) is 11.1 Å². The number of benzene rings is 2. The number of rotatable bonds is 8. The van der Waals surface area contributed by atoms with E-state index in [1.54, 1.807) is 26.8 Å². The molecule has 0 radical (unpaired) electrons. The van der Waals surface area contributed by atoms with Crippen LogP contribution in [0.3, 0.4) is 0 Å². The van der Waals surface area contributed by atoms with Crippen molar-refractivity contribution in [2.24, 2.45) is 11.8 Å². The number of carboxylic acids is 1. The van der Waals surface area contributed by atoms with Crippen LogP contribution in [-0.4, -0.2) is 17.0 Å². The van der Waals surface area contributed by atoms with E-state index in [2.05, 4.69) is 5.32 Å². The first-order chi connectivity index (χ1) is 15.3. The summed E-state index contributed by atoms with van der Waals surface area (Å²) in [5.41, 5.74) is 1.02. The molecular formula is C26H32F3NO3. The smallest absolute Gasteiger partial charge is 0.305 e. The summed E-state index contributed by atoms with van der Waals surface area (Å²) in [6.45, 7) is 11.8. The molecule has 0 aliphatic carbocycles. The van der Waals surface area contributed by atoms with Gasteiger partial charge in [0.25, 0.3) is 0 Å². The maximum Gasteiger partial charge on any atom is 0.305 e. The van der Waals surface area contributed by atoms with E-state index >= 15 is 8.78 Å². The van der Waals surface area contributed by atoms with E-state index < -0.39 is 53.3 Å². The molecule has 2 rings (SSSR count). The molecule has 0 fully saturated rings. The van der Waals surface area contributed by atoms with Gasteiger partial charge in [0.1, 0.15) is 17.5 Å². The van der Waals surface area contributed by atoms with Gasteiger partial charge in [-0.25, -0.2) is 13.2 Å². The highest BCUT2D eigenvalue weighted by atomic mass is 19.1. The summed E-state index contributed by atoms with van der Waals surface area (Å²) in [5.74, 6) is -4.47. The van der Waals surface area contributed by atoms with Gasteiger partial charge >= 0.3 is 5.97 Å². The maximum atomic E-state index is 15.8. The molecule has 0 spiro atoms. The van der Waals surface area contributed by atoms with Crippen LogP contribution in [-0.2, 0) is 9.59 Å². The molecule has 33 heavy (non-hydrogen) atoms. The van der Waals surface area contributed by atoms with E-state index in [4.69, 9.17) is 0 Å². The lowest BCUT2D eigenvalue weighted by Gasteiger charge is -2.24. The summed E-state index contributed by atoms with van der Waals surface area (Å²) in [5, 5.41) is 11.9. The van der Waals surface area contributed by atoms with Crippen LogP contribution in [0.25, 0.3) is 11.1 Å². The van der Waals surface area contributed by atoms with Crippen molar-refractivity contribution in [3.05, 3.63) is 57.4 Å². The molecule has 2 N–H and O–H groups in total. The lowest BCUT2D eigenvalue weighted by molar-refractivity contribution is -0.138. The number of halogens is 3. The van der Waals surface area contributed by atoms with Crippen LogP contribution >= 0.6 is 0 Å². The predicted octanol–water partition coefficient (Wildman–Crippen LogP) is 6.32. The molecule has 180 valence electrons. The van der Waals surface area contributed by atoms with Gasteiger partial charge < -0.3 is 10.4 Å². The largest absolute Gasteiger partial charge is 0.481 e. The maximum absolute atomic E-state index is 15.8. The summed E-state index contributed by atoms with van der Waals surface area (Å²) >= 11 is 0. The van der Waals surface area contributed by atoms with E-state index in [-0.39, 0.29) is 28.2 Å². The summed E-state index contributed by atoms with van der Waals surface area (Å²) in [4.78, 5) is 24.2. The van der Waals surface area contributed by atoms with Crippen LogP contribution in [0.4, 0.5) is 13.2 Å². The number of hydrogen-bond donors (Lipinski definition) is 2. The first-order valence-corrected chi connectivity index (χ1v) is 11.0. The number of carbonyl (C=O) groups is 2. The van der Waals surface area contributed by atoms with Crippen molar-refractivity contribution >= 4 is 11.9 Å². The van der Waals surface area contributed by atoms with Crippen molar-refractivity contribution in [1.82, 2.24) is 5.32 Å². The van der Waals surface area contributed by atoms with Crippen molar-refractivity contribution in [1.29, 1.82) is 0 Å². The Morgan fingerprint density at radius 2 is 1.48 bits per heavy atom. The molecule has 4 nitrogen and oxygen atoms in total. The SMILES string of the molecule is Cc1cc(C)c(-c2cc(C)c(F)c([C@H](CC(=O)O)NC(=O)C(C)CC(C)C)c2F)c(C)c1F. The molecule has 2 aromatic rings. The minimum absolute atomic E-state index is 0.0299. The third-order valence-corrected chi connectivity index (χ3v) is 5.88. The number of nitrogens with one attached hydrogen (secondary N) is 1. The van der Waals surface area contributed by atoms with E-state index in [1.807, 2.05) is 13.8 Å². The molecule has 0 aromatic heterocycles. The fourth-order valence-electron chi connectivity index (χ4n) is 4.39. The quantitative estimate of drug-likeness (QED) is 0.482. The number of aliphatic carboxylic acids is 1. The minimum Gasteiger partial charge on any atom is -0.481 e. The lowest BCUT2D eigenvalue weighted by atomic mass is 9.88. The van der Waals surface area contributed by atoms with Crippen LogP contribution in [0.5, 0.6) is 0 Å². The summed E-state index contributed by atoms with van der Waals surface area (Å²) in [6.07, 6.45) is -0.159. The molecule has 0 aliphatic heterocycles. The Hall–Kier alpha value is -2.83. The Kier molecular flexibility index (Phi) is 8.33. The average molecular weight is 464 g/mol. The van der Waals surface area contributed by atoms with Crippen LogP contribution in [0.1, 0.15) is 67.5 Å². The number of hydrogen-bond acceptors (Lipinski definition) is 2. The van der Waals surface area contributed by atoms with Crippen LogP contribution in [0.2, 0.25) is 0 Å². The van der Waals surface area contributed by atoms with E-state index in [0.29, 0.717) is 17.5 Å². The number of carboxylic acid groups (broad SMARTS) is 1. The van der Waals surface area contributed by atoms with Crippen molar-refractivity contribution < 1.29 is 27.9 Å². The summed E-state index contributed by atoms with van der Waals surface area (Å²) in [7, 11) is 0. The van der Waals surface area contributed by atoms with Gasteiger partial charge in [-0.1, -0.05) is 26.8 Å². The van der Waals surface area contributed by atoms with Gasteiger partial charge in [-0.15, -0.1) is 0 Å². The first-order valence-electron chi connectivity index (χ1n) is 11.0. The summed E-state index contributed by atoms with van der Waals surface area (Å²) in [6, 6.07) is 1.46. The van der Waals surface area contributed by atoms with Crippen molar-refractivity contribution in [2.75, 3.05) is 0 Å². The highest BCUT2D eigenvalue weighted by Gasteiger charge is 2.30. The molecular weight excluding hydrogens is 431 g/mol. The number of aryl methyl sites for hydroxylation is 3. The van der Waals surface area contributed by atoms with E-state index in [9.17, 15) is 19.1 Å². The third kappa shape index (κ3) is 5.75. The predicted molar refractivity (Wildman–Crippen MR) is 122 cm³/mol. The molecule has 7 heteroatoms. The zero-order valence-electron chi connectivity index (χ0n) is 20.2. The zero-order valence-corrected chi connectivity index (χ0v) is 20.2. The van der Waals surface area contributed by atoms with Crippen LogP contribution < -0.4 is 5.32 Å². The monoisotopic (exact) mass is 463 g/mol. The summed E-state index contributed by atoms with van der Waals surface area (Å²) < 4.78 is 45.7. The molecule has 0 saturated carbocycles. The highest BCUT2D eigenvalue weighted by molar-refractivity contribution is 5.80. The van der Waals surface area contributed by atoms with Gasteiger partial charge in [0.2, 0.25) is 5.91 Å². The normalized spacial score (nSPS) is 13.2. The Bertz CT molecular complexity index is 1080. The van der Waals surface area contributed by atoms with Gasteiger partial charge in [0, 0.05) is 17.0 Å². The Morgan fingerprint density at radius 3 is 2.03 bits per heavy atom. The van der Waals surface area contributed by atoms with Crippen molar-refractivity contribution in [3.63, 3.8) is 0 Å². The Labute approximate surface area is 193 Å². The molecule has 1 amide bonds. The topological polar surface area (TPSA) is 66.4 Å². The van der Waals surface area contributed by atoms with Crippen LogP contribution in [0.15, 0.2) is 12.1 Å². The molecule has 2 atom stereocenters. The molecule has 0 heterocycles. The van der Waals surface area contributed by atoms with Gasteiger partial charge in [-0.3, -0.25) is 9.59 Å².